The summed E-state index contributed by atoms with van der Waals surface area (Å²) >= 11 is 0. The number of piperazine rings is 1. The van der Waals surface area contributed by atoms with Crippen molar-refractivity contribution in [3.05, 3.63) is 24.3 Å². The lowest BCUT2D eigenvalue weighted by atomic mass is 9.53. The highest BCUT2D eigenvalue weighted by Gasteiger charge is 2.65. The topological polar surface area (TPSA) is 54.5 Å². The monoisotopic (exact) mass is 440 g/mol. The average Bonchev–Trinajstić information content (AvgIpc) is 3.51. The molecule has 0 aromatic heterocycles. The maximum absolute atomic E-state index is 13.0. The minimum absolute atomic E-state index is 0.0140. The van der Waals surface area contributed by atoms with Crippen molar-refractivity contribution in [3.63, 3.8) is 0 Å². The molecule has 0 amide bonds. The molecule has 1 aromatic carbocycles. The fourth-order valence-corrected chi connectivity index (χ4v) is 7.51. The molecule has 5 fully saturated rings. The predicted octanol–water partition coefficient (Wildman–Crippen LogP) is 3.34. The lowest BCUT2D eigenvalue weighted by Gasteiger charge is -2.51. The van der Waals surface area contributed by atoms with Crippen LogP contribution in [0.15, 0.2) is 24.3 Å². The van der Waals surface area contributed by atoms with E-state index >= 15 is 0 Å². The van der Waals surface area contributed by atoms with Crippen molar-refractivity contribution in [2.24, 2.45) is 23.2 Å². The smallest absolute Gasteiger partial charge is 0.310 e. The summed E-state index contributed by atoms with van der Waals surface area (Å²) in [7, 11) is 1.73. The number of ether oxygens (including phenoxy) is 3. The zero-order chi connectivity index (χ0) is 21.9. The number of rotatable bonds is 4. The summed E-state index contributed by atoms with van der Waals surface area (Å²) in [5.41, 5.74) is 1.55. The summed E-state index contributed by atoms with van der Waals surface area (Å²) in [4.78, 5) is 17.8. The molecule has 1 aromatic rings. The van der Waals surface area contributed by atoms with Gasteiger partial charge in [-0.25, -0.2) is 0 Å². The van der Waals surface area contributed by atoms with Crippen LogP contribution in [0, 0.1) is 23.2 Å². The Hall–Kier alpha value is -1.79. The Kier molecular flexibility index (Phi) is 4.95. The fourth-order valence-electron chi connectivity index (χ4n) is 7.51. The third kappa shape index (κ3) is 3.33. The fraction of sp³-hybridized carbons (Fsp3) is 0.731. The van der Waals surface area contributed by atoms with Gasteiger partial charge in [-0.15, -0.1) is 0 Å². The molecule has 5 aliphatic rings. The number of hydrogen-bond donors (Lipinski definition) is 0. The van der Waals surface area contributed by atoms with Crippen molar-refractivity contribution in [1.29, 1.82) is 0 Å². The maximum Gasteiger partial charge on any atom is 0.310 e. The number of benzene rings is 1. The van der Waals surface area contributed by atoms with Crippen molar-refractivity contribution in [2.45, 2.75) is 50.7 Å². The SMILES string of the molecule is COc1ccccc1N1CCN(CC2C(=O)OC3CC4(C)CCCC5(CO5)C4CC32)CC1. The van der Waals surface area contributed by atoms with Crippen LogP contribution in [-0.4, -0.2) is 69.0 Å². The quantitative estimate of drug-likeness (QED) is 0.529. The second-order valence-corrected chi connectivity index (χ2v) is 11.1. The Morgan fingerprint density at radius 2 is 1.94 bits per heavy atom. The first-order chi connectivity index (χ1) is 15.5. The minimum atomic E-state index is 0.0140. The molecule has 3 saturated heterocycles. The van der Waals surface area contributed by atoms with Crippen LogP contribution >= 0.6 is 0 Å². The Balaban J connectivity index is 1.12. The van der Waals surface area contributed by atoms with Gasteiger partial charge in [0.05, 0.1) is 30.9 Å². The molecule has 6 heteroatoms. The van der Waals surface area contributed by atoms with E-state index < -0.39 is 0 Å². The summed E-state index contributed by atoms with van der Waals surface area (Å²) in [5, 5.41) is 0. The van der Waals surface area contributed by atoms with Crippen LogP contribution in [0.25, 0.3) is 0 Å². The average molecular weight is 441 g/mol. The molecule has 6 atom stereocenters. The summed E-state index contributed by atoms with van der Waals surface area (Å²) in [5.74, 6) is 1.92. The van der Waals surface area contributed by atoms with Crippen molar-refractivity contribution in [1.82, 2.24) is 4.90 Å². The normalized spacial score (nSPS) is 41.2. The summed E-state index contributed by atoms with van der Waals surface area (Å²) < 4.78 is 17.6. The number of carbonyl (C=O) groups is 1. The molecular weight excluding hydrogens is 404 g/mol. The van der Waals surface area contributed by atoms with Crippen LogP contribution in [0.3, 0.4) is 0 Å². The lowest BCUT2D eigenvalue weighted by Crippen LogP contribution is -2.52. The molecule has 0 radical (unpaired) electrons. The molecule has 0 bridgehead atoms. The maximum atomic E-state index is 13.0. The number of fused-ring (bicyclic) bond motifs is 3. The van der Waals surface area contributed by atoms with E-state index in [-0.39, 0.29) is 29.0 Å². The molecule has 2 aliphatic carbocycles. The van der Waals surface area contributed by atoms with Crippen LogP contribution in [0.1, 0.15) is 39.0 Å². The van der Waals surface area contributed by atoms with Gasteiger partial charge >= 0.3 is 5.97 Å². The highest BCUT2D eigenvalue weighted by atomic mass is 16.6. The summed E-state index contributed by atoms with van der Waals surface area (Å²) in [6, 6.07) is 8.23. The number of carbonyl (C=O) groups excluding carboxylic acids is 1. The van der Waals surface area contributed by atoms with E-state index in [0.717, 1.165) is 63.6 Å². The number of esters is 1. The van der Waals surface area contributed by atoms with Crippen LogP contribution in [-0.2, 0) is 14.3 Å². The van der Waals surface area contributed by atoms with Crippen molar-refractivity contribution < 1.29 is 19.0 Å². The summed E-state index contributed by atoms with van der Waals surface area (Å²) in [6.45, 7) is 8.02. The van der Waals surface area contributed by atoms with Gasteiger partial charge in [-0.1, -0.05) is 19.1 Å². The van der Waals surface area contributed by atoms with Crippen molar-refractivity contribution >= 4 is 11.7 Å². The molecular formula is C26H36N2O4. The van der Waals surface area contributed by atoms with E-state index in [9.17, 15) is 4.79 Å². The second-order valence-electron chi connectivity index (χ2n) is 11.1. The first-order valence-electron chi connectivity index (χ1n) is 12.5. The molecule has 3 heterocycles. The molecule has 174 valence electrons. The lowest BCUT2D eigenvalue weighted by molar-refractivity contribution is -0.147. The number of anilines is 1. The highest BCUT2D eigenvalue weighted by Crippen LogP contribution is 2.62. The van der Waals surface area contributed by atoms with Gasteiger partial charge in [0.25, 0.3) is 0 Å². The van der Waals surface area contributed by atoms with E-state index in [2.05, 4.69) is 28.9 Å². The van der Waals surface area contributed by atoms with Crippen LogP contribution in [0.4, 0.5) is 5.69 Å². The van der Waals surface area contributed by atoms with Gasteiger partial charge in [-0.2, -0.15) is 0 Å². The minimum Gasteiger partial charge on any atom is -0.495 e. The van der Waals surface area contributed by atoms with E-state index in [1.165, 1.54) is 19.3 Å². The van der Waals surface area contributed by atoms with Gasteiger partial charge in [0.2, 0.25) is 0 Å². The third-order valence-corrected chi connectivity index (χ3v) is 9.33. The number of epoxide rings is 1. The number of para-hydroxylation sites is 2. The molecule has 6 rings (SSSR count). The Morgan fingerprint density at radius 1 is 1.16 bits per heavy atom. The van der Waals surface area contributed by atoms with Gasteiger partial charge in [0.1, 0.15) is 11.9 Å². The Morgan fingerprint density at radius 3 is 2.69 bits per heavy atom. The summed E-state index contributed by atoms with van der Waals surface area (Å²) in [6.07, 6.45) is 5.93. The standard InChI is InChI=1S/C26H36N2O4/c1-25-8-5-9-26(17-31-26)23(25)14-18-19(24(29)32-22(18)15-25)16-27-10-12-28(13-11-27)20-6-3-4-7-21(20)30-2/h3-4,6-7,18-19,22-23H,5,8-17H2,1-2H3. The van der Waals surface area contributed by atoms with Gasteiger partial charge in [-0.05, 0) is 55.6 Å². The number of hydrogen-bond acceptors (Lipinski definition) is 6. The van der Waals surface area contributed by atoms with E-state index in [4.69, 9.17) is 14.2 Å². The molecule has 32 heavy (non-hydrogen) atoms. The van der Waals surface area contributed by atoms with Gasteiger partial charge < -0.3 is 19.1 Å². The van der Waals surface area contributed by atoms with Crippen molar-refractivity contribution in [2.75, 3.05) is 51.3 Å². The first-order valence-corrected chi connectivity index (χ1v) is 12.5. The Labute approximate surface area is 191 Å². The van der Waals surface area contributed by atoms with Gasteiger partial charge in [-0.3, -0.25) is 9.69 Å². The molecule has 0 N–H and O–H groups in total. The van der Waals surface area contributed by atoms with Crippen LogP contribution < -0.4 is 9.64 Å². The molecule has 1 spiro atoms. The van der Waals surface area contributed by atoms with Gasteiger partial charge in [0, 0.05) is 38.6 Å². The number of methoxy groups -OCH3 is 1. The predicted molar refractivity (Wildman–Crippen MR) is 122 cm³/mol. The zero-order valence-electron chi connectivity index (χ0n) is 19.4. The second kappa shape index (κ2) is 7.63. The van der Waals surface area contributed by atoms with Crippen LogP contribution in [0.2, 0.25) is 0 Å². The third-order valence-electron chi connectivity index (χ3n) is 9.33. The van der Waals surface area contributed by atoms with E-state index in [1.54, 1.807) is 7.11 Å². The Bertz CT molecular complexity index is 878. The van der Waals surface area contributed by atoms with E-state index in [0.29, 0.717) is 11.8 Å². The molecule has 3 aliphatic heterocycles. The number of nitrogens with zero attached hydrogens (tertiary/aromatic N) is 2. The highest BCUT2D eigenvalue weighted by molar-refractivity contribution is 5.75. The van der Waals surface area contributed by atoms with E-state index in [1.807, 2.05) is 12.1 Å². The van der Waals surface area contributed by atoms with Crippen molar-refractivity contribution in [3.8, 4) is 5.75 Å². The first kappa shape index (κ1) is 20.8. The van der Waals surface area contributed by atoms with Crippen LogP contribution in [0.5, 0.6) is 5.75 Å². The molecule has 2 saturated carbocycles. The largest absolute Gasteiger partial charge is 0.495 e. The zero-order valence-corrected chi connectivity index (χ0v) is 19.4. The molecule has 6 unspecified atom stereocenters. The van der Waals surface area contributed by atoms with Gasteiger partial charge in [0.15, 0.2) is 0 Å². The molecule has 6 nitrogen and oxygen atoms in total.